The summed E-state index contributed by atoms with van der Waals surface area (Å²) in [6.45, 7) is 0. The van der Waals surface area contributed by atoms with Crippen molar-refractivity contribution < 1.29 is 22.0 Å². The number of rotatable bonds is 0. The molecule has 1 rings (SSSR count). The molecule has 0 aromatic carbocycles. The Balaban J connectivity index is 2.97. The minimum Gasteiger partial charge on any atom is -0.242 e. The summed E-state index contributed by atoms with van der Waals surface area (Å²) in [7, 11) is 4.96. The van der Waals surface area contributed by atoms with Crippen LogP contribution in [0.5, 0.6) is 0 Å². The van der Waals surface area contributed by atoms with Gasteiger partial charge in [-0.2, -0.15) is 13.2 Å². The van der Waals surface area contributed by atoms with Crippen molar-refractivity contribution in [2.24, 2.45) is 5.92 Å². The minimum absolute atomic E-state index is 0.328. The van der Waals surface area contributed by atoms with Crippen LogP contribution in [0.15, 0.2) is 23.5 Å². The molecule has 0 aliphatic heterocycles. The Kier molecular flexibility index (Phi) is 2.50. The van der Waals surface area contributed by atoms with Crippen molar-refractivity contribution in [2.45, 2.75) is 12.3 Å². The van der Waals surface area contributed by atoms with Crippen molar-refractivity contribution in [3.05, 3.63) is 23.5 Å². The van der Waals surface area contributed by atoms with Gasteiger partial charge in [-0.3, -0.25) is 0 Å². The molecule has 2 unspecified atom stereocenters. The first-order valence-corrected chi connectivity index (χ1v) is 3.37. The van der Waals surface area contributed by atoms with E-state index in [0.717, 1.165) is 0 Å². The predicted molar refractivity (Wildman–Crippen MR) is 37.5 cm³/mol. The van der Waals surface area contributed by atoms with Gasteiger partial charge in [-0.1, -0.05) is 11.5 Å². The largest absolute Gasteiger partial charge is 0.401 e. The lowest BCUT2D eigenvalue weighted by atomic mass is 9.84. The van der Waals surface area contributed by atoms with Crippen LogP contribution < -0.4 is 0 Å². The van der Waals surface area contributed by atoms with Crippen molar-refractivity contribution in [1.29, 1.82) is 0 Å². The van der Waals surface area contributed by atoms with E-state index >= 15 is 0 Å². The first-order chi connectivity index (χ1) is 5.82. The zero-order valence-corrected chi connectivity index (χ0v) is 6.28. The van der Waals surface area contributed by atoms with Gasteiger partial charge in [0.1, 0.15) is 25.8 Å². The highest BCUT2D eigenvalue weighted by atomic mass is 19.4. The van der Waals surface area contributed by atoms with Crippen molar-refractivity contribution in [2.75, 3.05) is 0 Å². The molecule has 2 radical (unpaired) electrons. The lowest BCUT2D eigenvalue weighted by Crippen LogP contribution is -2.33. The quantitative estimate of drug-likeness (QED) is 0.410. The van der Waals surface area contributed by atoms with Gasteiger partial charge in [0, 0.05) is 0 Å². The lowest BCUT2D eigenvalue weighted by molar-refractivity contribution is -0.179. The second kappa shape index (κ2) is 3.16. The molecule has 0 heterocycles. The Hall–Kier alpha value is -0.805. The summed E-state index contributed by atoms with van der Waals surface area (Å²) < 4.78 is 61.2. The average Bonchev–Trinajstić information content (AvgIpc) is 1.78. The molecule has 0 saturated heterocycles. The Morgan fingerprint density at radius 1 is 1.31 bits per heavy atom. The summed E-state index contributed by atoms with van der Waals surface area (Å²) in [5, 5.41) is 0. The van der Waals surface area contributed by atoms with E-state index in [1.165, 1.54) is 0 Å². The van der Waals surface area contributed by atoms with Gasteiger partial charge in [0.25, 0.3) is 0 Å². The van der Waals surface area contributed by atoms with Gasteiger partial charge in [-0.15, -0.1) is 0 Å². The van der Waals surface area contributed by atoms with Gasteiger partial charge >= 0.3 is 6.18 Å². The summed E-state index contributed by atoms with van der Waals surface area (Å²) >= 11 is 0. The highest BCUT2D eigenvalue weighted by molar-refractivity contribution is 6.23. The third-order valence-electron chi connectivity index (χ3n) is 1.62. The second-order valence-electron chi connectivity index (χ2n) is 2.66. The maximum atomic E-state index is 12.7. The van der Waals surface area contributed by atoms with Crippen molar-refractivity contribution in [1.82, 2.24) is 0 Å². The van der Waals surface area contributed by atoms with Crippen molar-refractivity contribution >= 4 is 7.85 Å². The van der Waals surface area contributed by atoms with E-state index < -0.39 is 24.1 Å². The molecule has 70 valence electrons. The van der Waals surface area contributed by atoms with E-state index in [-0.39, 0.29) is 5.47 Å². The molecule has 0 saturated carbocycles. The zero-order chi connectivity index (χ0) is 10.2. The van der Waals surface area contributed by atoms with E-state index in [0.29, 0.717) is 12.2 Å². The predicted octanol–water partition coefficient (Wildman–Crippen LogP) is 2.42. The molecule has 13 heavy (non-hydrogen) atoms. The zero-order valence-electron chi connectivity index (χ0n) is 6.28. The van der Waals surface area contributed by atoms with E-state index in [1.807, 2.05) is 0 Å². The van der Waals surface area contributed by atoms with Crippen LogP contribution in [-0.2, 0) is 0 Å². The Bertz CT molecular complexity index is 265. The molecule has 0 amide bonds. The van der Waals surface area contributed by atoms with Gasteiger partial charge in [0.05, 0.1) is 0 Å². The van der Waals surface area contributed by atoms with Crippen molar-refractivity contribution in [3.63, 3.8) is 0 Å². The van der Waals surface area contributed by atoms with Crippen LogP contribution in [0, 0.1) is 5.92 Å². The third-order valence-corrected chi connectivity index (χ3v) is 1.62. The van der Waals surface area contributed by atoms with E-state index in [2.05, 4.69) is 0 Å². The standard InChI is InChI=1S/C7H4BF5/c8-3-1-4(9)6(5(10)2-3)7(11,12)13/h1-2,4,6H. The van der Waals surface area contributed by atoms with Crippen LogP contribution in [0.4, 0.5) is 22.0 Å². The number of hydrogen-bond acceptors (Lipinski definition) is 0. The fourth-order valence-corrected chi connectivity index (χ4v) is 1.07. The first-order valence-electron chi connectivity index (χ1n) is 3.37. The molecule has 2 atom stereocenters. The molecular formula is C7H4BF5. The van der Waals surface area contributed by atoms with E-state index in [9.17, 15) is 22.0 Å². The molecule has 1 aliphatic carbocycles. The monoisotopic (exact) mass is 194 g/mol. The van der Waals surface area contributed by atoms with Crippen LogP contribution in [0.2, 0.25) is 0 Å². The van der Waals surface area contributed by atoms with Gasteiger partial charge < -0.3 is 0 Å². The average molecular weight is 194 g/mol. The number of hydrogen-bond donors (Lipinski definition) is 0. The molecular weight excluding hydrogens is 190 g/mol. The summed E-state index contributed by atoms with van der Waals surface area (Å²) in [5.74, 6) is -4.29. The Morgan fingerprint density at radius 3 is 2.23 bits per heavy atom. The lowest BCUT2D eigenvalue weighted by Gasteiger charge is -2.23. The van der Waals surface area contributed by atoms with Crippen LogP contribution in [0.3, 0.4) is 0 Å². The highest BCUT2D eigenvalue weighted by Gasteiger charge is 2.48. The summed E-state index contributed by atoms with van der Waals surface area (Å²) in [6, 6.07) is 0. The maximum absolute atomic E-state index is 12.7. The number of allylic oxidation sites excluding steroid dienone is 4. The fraction of sp³-hybridized carbons (Fsp3) is 0.429. The Morgan fingerprint density at radius 2 is 1.85 bits per heavy atom. The topological polar surface area (TPSA) is 0 Å². The van der Waals surface area contributed by atoms with E-state index in [4.69, 9.17) is 7.85 Å². The molecule has 0 aromatic heterocycles. The molecule has 1 aliphatic rings. The summed E-state index contributed by atoms with van der Waals surface area (Å²) in [5.41, 5.74) is -0.328. The smallest absolute Gasteiger partial charge is 0.242 e. The van der Waals surface area contributed by atoms with E-state index in [1.54, 1.807) is 0 Å². The normalized spacial score (nSPS) is 29.6. The third kappa shape index (κ3) is 2.11. The van der Waals surface area contributed by atoms with Gasteiger partial charge in [0.2, 0.25) is 0 Å². The fourth-order valence-electron chi connectivity index (χ4n) is 1.07. The minimum atomic E-state index is -4.92. The van der Waals surface area contributed by atoms with Crippen LogP contribution >= 0.6 is 0 Å². The van der Waals surface area contributed by atoms with Crippen molar-refractivity contribution in [3.8, 4) is 0 Å². The first kappa shape index (κ1) is 10.3. The van der Waals surface area contributed by atoms with Gasteiger partial charge in [-0.05, 0) is 6.08 Å². The molecule has 0 nitrogen and oxygen atoms in total. The van der Waals surface area contributed by atoms with Gasteiger partial charge in [-0.25, -0.2) is 8.78 Å². The molecule has 0 aromatic rings. The maximum Gasteiger partial charge on any atom is 0.401 e. The molecule has 0 spiro atoms. The van der Waals surface area contributed by atoms with Gasteiger partial charge in [0.15, 0.2) is 0 Å². The second-order valence-corrected chi connectivity index (χ2v) is 2.66. The molecule has 0 bridgehead atoms. The highest BCUT2D eigenvalue weighted by Crippen LogP contribution is 2.39. The molecule has 6 heteroatoms. The number of halogens is 5. The summed E-state index contributed by atoms with van der Waals surface area (Å²) in [6.07, 6.45) is -6.34. The van der Waals surface area contributed by atoms with Crippen LogP contribution in [0.1, 0.15) is 0 Å². The SMILES string of the molecule is [B]C1=CC(F)C(C(F)(F)F)C(F)=C1. The number of alkyl halides is 4. The molecule has 0 fully saturated rings. The van der Waals surface area contributed by atoms with Crippen LogP contribution in [0.25, 0.3) is 0 Å². The van der Waals surface area contributed by atoms with Crippen LogP contribution in [-0.4, -0.2) is 20.2 Å². The Labute approximate surface area is 72.5 Å². The summed E-state index contributed by atoms with van der Waals surface area (Å²) in [4.78, 5) is 0. The molecule has 0 N–H and O–H groups in total.